The minimum Gasteiger partial charge on any atom is -0.508 e. The number of aromatic hydroxyl groups is 2. The summed E-state index contributed by atoms with van der Waals surface area (Å²) >= 11 is 0. The molecule has 2 aromatic carbocycles. The zero-order valence-electron chi connectivity index (χ0n) is 17.9. The van der Waals surface area contributed by atoms with Gasteiger partial charge < -0.3 is 25.5 Å². The SMILES string of the molecule is CC(C)c1cc(C(=O)N2CCC(N[C@@H](Cc3ccccc3)C(=O)O)CC2)c(O)cc1O. The third-order valence-electron chi connectivity index (χ3n) is 5.80. The Morgan fingerprint density at radius 1 is 1.06 bits per heavy atom. The second-order valence-electron chi connectivity index (χ2n) is 8.40. The number of rotatable bonds is 7. The van der Waals surface area contributed by atoms with Crippen molar-refractivity contribution in [3.63, 3.8) is 0 Å². The second-order valence-corrected chi connectivity index (χ2v) is 8.40. The largest absolute Gasteiger partial charge is 0.508 e. The van der Waals surface area contributed by atoms with Gasteiger partial charge in [-0.05, 0) is 42.4 Å². The summed E-state index contributed by atoms with van der Waals surface area (Å²) in [6.07, 6.45) is 1.65. The van der Waals surface area contributed by atoms with E-state index in [2.05, 4.69) is 5.32 Å². The van der Waals surface area contributed by atoms with Gasteiger partial charge in [-0.1, -0.05) is 44.2 Å². The van der Waals surface area contributed by atoms with Crippen LogP contribution in [0.25, 0.3) is 0 Å². The predicted molar refractivity (Wildman–Crippen MR) is 117 cm³/mol. The first-order chi connectivity index (χ1) is 14.8. The number of phenols is 2. The van der Waals surface area contributed by atoms with Crippen LogP contribution in [0, 0.1) is 0 Å². The van der Waals surface area contributed by atoms with Crippen molar-refractivity contribution < 1.29 is 24.9 Å². The van der Waals surface area contributed by atoms with E-state index in [1.54, 1.807) is 11.0 Å². The summed E-state index contributed by atoms with van der Waals surface area (Å²) in [6.45, 7) is 4.74. The van der Waals surface area contributed by atoms with Crippen molar-refractivity contribution in [3.05, 3.63) is 59.2 Å². The number of carbonyl (C=O) groups excluding carboxylic acids is 1. The molecule has 0 saturated carbocycles. The number of phenolic OH excluding ortho intramolecular Hbond substituents is 2. The van der Waals surface area contributed by atoms with E-state index in [1.807, 2.05) is 44.2 Å². The molecule has 0 radical (unpaired) electrons. The molecule has 7 nitrogen and oxygen atoms in total. The van der Waals surface area contributed by atoms with E-state index in [-0.39, 0.29) is 34.9 Å². The van der Waals surface area contributed by atoms with Crippen molar-refractivity contribution in [1.82, 2.24) is 10.2 Å². The van der Waals surface area contributed by atoms with Crippen molar-refractivity contribution in [2.45, 2.75) is 51.1 Å². The molecule has 166 valence electrons. The van der Waals surface area contributed by atoms with E-state index in [9.17, 15) is 24.9 Å². The Hall–Kier alpha value is -3.06. The molecule has 1 aliphatic rings. The molecule has 1 fully saturated rings. The third kappa shape index (κ3) is 5.55. The van der Waals surface area contributed by atoms with Gasteiger partial charge in [-0.15, -0.1) is 0 Å². The molecule has 4 N–H and O–H groups in total. The van der Waals surface area contributed by atoms with Gasteiger partial charge in [0.15, 0.2) is 0 Å². The fourth-order valence-electron chi connectivity index (χ4n) is 4.00. The van der Waals surface area contributed by atoms with E-state index in [0.717, 1.165) is 5.56 Å². The second kappa shape index (κ2) is 9.83. The zero-order valence-corrected chi connectivity index (χ0v) is 17.9. The normalized spacial score (nSPS) is 15.8. The fraction of sp³-hybridized carbons (Fsp3) is 0.417. The average Bonchev–Trinajstić information content (AvgIpc) is 2.74. The van der Waals surface area contributed by atoms with E-state index in [4.69, 9.17) is 0 Å². The molecule has 0 spiro atoms. The number of benzene rings is 2. The molecule has 2 aromatic rings. The lowest BCUT2D eigenvalue weighted by Crippen LogP contribution is -2.50. The fourth-order valence-corrected chi connectivity index (χ4v) is 4.00. The van der Waals surface area contributed by atoms with Crippen LogP contribution < -0.4 is 5.32 Å². The number of hydrogen-bond acceptors (Lipinski definition) is 5. The third-order valence-corrected chi connectivity index (χ3v) is 5.80. The number of piperidine rings is 1. The van der Waals surface area contributed by atoms with Gasteiger partial charge in [0.25, 0.3) is 5.91 Å². The first kappa shape index (κ1) is 22.6. The highest BCUT2D eigenvalue weighted by atomic mass is 16.4. The van der Waals surface area contributed by atoms with Gasteiger partial charge in [-0.25, -0.2) is 0 Å². The summed E-state index contributed by atoms with van der Waals surface area (Å²) in [5.41, 5.74) is 1.75. The first-order valence-corrected chi connectivity index (χ1v) is 10.6. The van der Waals surface area contributed by atoms with Gasteiger partial charge in [0.1, 0.15) is 17.5 Å². The summed E-state index contributed by atoms with van der Waals surface area (Å²) in [5, 5.41) is 33.0. The van der Waals surface area contributed by atoms with Gasteiger partial charge >= 0.3 is 5.97 Å². The molecule has 1 atom stereocenters. The first-order valence-electron chi connectivity index (χ1n) is 10.6. The standard InChI is InChI=1S/C24H30N2O5/c1-15(2)18-13-19(22(28)14-21(18)27)23(29)26-10-8-17(9-11-26)25-20(24(30)31)12-16-6-4-3-5-7-16/h3-7,13-15,17,20,25,27-28H,8-12H2,1-2H3,(H,30,31)/t20-/m0/s1. The number of carboxylic acids is 1. The molecule has 0 bridgehead atoms. The minimum absolute atomic E-state index is 0.00602. The quantitative estimate of drug-likeness (QED) is 0.542. The molecule has 0 aliphatic carbocycles. The molecule has 0 unspecified atom stereocenters. The number of hydrogen-bond donors (Lipinski definition) is 4. The highest BCUT2D eigenvalue weighted by Crippen LogP contribution is 2.33. The van der Waals surface area contributed by atoms with Crippen LogP contribution in [-0.2, 0) is 11.2 Å². The smallest absolute Gasteiger partial charge is 0.321 e. The number of nitrogens with zero attached hydrogens (tertiary/aromatic N) is 1. The lowest BCUT2D eigenvalue weighted by molar-refractivity contribution is -0.139. The molecular weight excluding hydrogens is 396 g/mol. The van der Waals surface area contributed by atoms with Gasteiger partial charge in [0.2, 0.25) is 0 Å². The topological polar surface area (TPSA) is 110 Å². The average molecular weight is 427 g/mol. The number of carboxylic acid groups (broad SMARTS) is 1. The summed E-state index contributed by atoms with van der Waals surface area (Å²) in [7, 11) is 0. The molecule has 1 amide bonds. The Morgan fingerprint density at radius 2 is 1.71 bits per heavy atom. The van der Waals surface area contributed by atoms with Crippen LogP contribution in [0.2, 0.25) is 0 Å². The molecular formula is C24H30N2O5. The van der Waals surface area contributed by atoms with Crippen LogP contribution in [0.15, 0.2) is 42.5 Å². The monoisotopic (exact) mass is 426 g/mol. The molecule has 7 heteroatoms. The van der Waals surface area contributed by atoms with Gasteiger partial charge in [-0.3, -0.25) is 9.59 Å². The van der Waals surface area contributed by atoms with Gasteiger partial charge in [0.05, 0.1) is 5.56 Å². The van der Waals surface area contributed by atoms with Gasteiger partial charge in [-0.2, -0.15) is 0 Å². The summed E-state index contributed by atoms with van der Waals surface area (Å²) in [5.74, 6) is -1.42. The van der Waals surface area contributed by atoms with Crippen molar-refractivity contribution in [2.24, 2.45) is 0 Å². The minimum atomic E-state index is -0.891. The number of nitrogens with one attached hydrogen (secondary N) is 1. The maximum Gasteiger partial charge on any atom is 0.321 e. The number of likely N-dealkylation sites (tertiary alicyclic amines) is 1. The molecule has 1 saturated heterocycles. The Labute approximate surface area is 182 Å². The number of amides is 1. The molecule has 1 aliphatic heterocycles. The molecule has 3 rings (SSSR count). The highest BCUT2D eigenvalue weighted by molar-refractivity contribution is 5.97. The van der Waals surface area contributed by atoms with Crippen LogP contribution in [0.4, 0.5) is 0 Å². The van der Waals surface area contributed by atoms with Crippen molar-refractivity contribution in [1.29, 1.82) is 0 Å². The summed E-state index contributed by atoms with van der Waals surface area (Å²) in [4.78, 5) is 26.3. The number of aliphatic carboxylic acids is 1. The van der Waals surface area contributed by atoms with Crippen molar-refractivity contribution in [2.75, 3.05) is 13.1 Å². The summed E-state index contributed by atoms with van der Waals surface area (Å²) < 4.78 is 0. The van der Waals surface area contributed by atoms with Crippen LogP contribution in [-0.4, -0.2) is 57.3 Å². The molecule has 1 heterocycles. The molecule has 31 heavy (non-hydrogen) atoms. The Bertz CT molecular complexity index is 921. The zero-order chi connectivity index (χ0) is 22.5. The lowest BCUT2D eigenvalue weighted by Gasteiger charge is -2.34. The Morgan fingerprint density at radius 3 is 2.29 bits per heavy atom. The van der Waals surface area contributed by atoms with E-state index >= 15 is 0 Å². The molecule has 0 aromatic heterocycles. The Balaban J connectivity index is 1.62. The maximum absolute atomic E-state index is 13.0. The maximum atomic E-state index is 13.0. The van der Waals surface area contributed by atoms with Crippen LogP contribution >= 0.6 is 0 Å². The lowest BCUT2D eigenvalue weighted by atomic mass is 9.97. The van der Waals surface area contributed by atoms with Crippen LogP contribution in [0.5, 0.6) is 11.5 Å². The van der Waals surface area contributed by atoms with Crippen molar-refractivity contribution in [3.8, 4) is 11.5 Å². The predicted octanol–water partition coefficient (Wildman–Crippen LogP) is 3.11. The van der Waals surface area contributed by atoms with Crippen LogP contribution in [0.3, 0.4) is 0 Å². The number of carbonyl (C=O) groups is 2. The van der Waals surface area contributed by atoms with Gasteiger partial charge in [0, 0.05) is 25.2 Å². The van der Waals surface area contributed by atoms with Crippen molar-refractivity contribution >= 4 is 11.9 Å². The van der Waals surface area contributed by atoms with E-state index in [0.29, 0.717) is 37.9 Å². The summed E-state index contributed by atoms with van der Waals surface area (Å²) in [6, 6.07) is 11.6. The highest BCUT2D eigenvalue weighted by Gasteiger charge is 2.29. The van der Waals surface area contributed by atoms with Crippen LogP contribution in [0.1, 0.15) is 54.1 Å². The Kier molecular flexibility index (Phi) is 7.17. The van der Waals surface area contributed by atoms with E-state index < -0.39 is 12.0 Å². The van der Waals surface area contributed by atoms with E-state index in [1.165, 1.54) is 6.07 Å².